The molecule has 0 unspecified atom stereocenters. The minimum Gasteiger partial charge on any atom is -0.359 e. The molecule has 1 heterocycles. The Kier molecular flexibility index (Phi) is 2.72. The first-order valence-electron chi connectivity index (χ1n) is 5.05. The molecule has 1 aromatic heterocycles. The molecule has 1 aromatic carbocycles. The molecule has 0 spiro atoms. The molecule has 2 N–H and O–H groups in total. The van der Waals surface area contributed by atoms with Gasteiger partial charge in [0.2, 0.25) is 0 Å². The quantitative estimate of drug-likeness (QED) is 0.800. The summed E-state index contributed by atoms with van der Waals surface area (Å²) in [4.78, 5) is 7.39. The van der Waals surface area contributed by atoms with Gasteiger partial charge in [-0.15, -0.1) is 0 Å². The van der Waals surface area contributed by atoms with Crippen molar-refractivity contribution in [2.45, 2.75) is 13.3 Å². The van der Waals surface area contributed by atoms with Gasteiger partial charge >= 0.3 is 0 Å². The van der Waals surface area contributed by atoms with E-state index in [4.69, 9.17) is 0 Å². The molecule has 78 valence electrons. The average Bonchev–Trinajstić information content (AvgIpc) is 2.69. The minimum absolute atomic E-state index is 0.817. The molecule has 0 saturated carbocycles. The molecular weight excluding hydrogens is 186 g/mol. The van der Waals surface area contributed by atoms with Gasteiger partial charge in [0, 0.05) is 19.2 Å². The van der Waals surface area contributed by atoms with Crippen LogP contribution in [0.3, 0.4) is 0 Å². The molecule has 2 rings (SSSR count). The van der Waals surface area contributed by atoms with Crippen LogP contribution in [0.4, 0.5) is 5.95 Å². The summed E-state index contributed by atoms with van der Waals surface area (Å²) in [5.74, 6) is 0.817. The summed E-state index contributed by atoms with van der Waals surface area (Å²) < 4.78 is 0. The number of rotatable bonds is 3. The number of nitrogens with one attached hydrogen (secondary N) is 2. The van der Waals surface area contributed by atoms with E-state index in [-0.39, 0.29) is 0 Å². The summed E-state index contributed by atoms with van der Waals surface area (Å²) >= 11 is 0. The van der Waals surface area contributed by atoms with Crippen LogP contribution in [0.1, 0.15) is 16.8 Å². The molecule has 0 bridgehead atoms. The predicted octanol–water partition coefficient (Wildman–Crippen LogP) is 2.35. The monoisotopic (exact) mass is 201 g/mol. The molecule has 0 aliphatic rings. The van der Waals surface area contributed by atoms with Gasteiger partial charge in [0.25, 0.3) is 0 Å². The van der Waals surface area contributed by atoms with Crippen LogP contribution >= 0.6 is 0 Å². The van der Waals surface area contributed by atoms with E-state index in [2.05, 4.69) is 46.5 Å². The number of hydrogen-bond donors (Lipinski definition) is 2. The SMILES string of the molecule is CNc1ncc(Cc2ccc(C)cc2)[nH]1. The lowest BCUT2D eigenvalue weighted by Crippen LogP contribution is -1.91. The number of H-pyrrole nitrogens is 1. The van der Waals surface area contributed by atoms with E-state index in [1.165, 1.54) is 11.1 Å². The zero-order chi connectivity index (χ0) is 10.7. The van der Waals surface area contributed by atoms with Crippen molar-refractivity contribution in [3.8, 4) is 0 Å². The van der Waals surface area contributed by atoms with Crippen LogP contribution in [0, 0.1) is 6.92 Å². The number of nitrogens with zero attached hydrogens (tertiary/aromatic N) is 1. The van der Waals surface area contributed by atoms with Crippen molar-refractivity contribution in [2.75, 3.05) is 12.4 Å². The van der Waals surface area contributed by atoms with Crippen molar-refractivity contribution in [3.05, 3.63) is 47.3 Å². The fraction of sp³-hybridized carbons (Fsp3) is 0.250. The van der Waals surface area contributed by atoms with E-state index < -0.39 is 0 Å². The second-order valence-corrected chi connectivity index (χ2v) is 3.67. The third-order valence-electron chi connectivity index (χ3n) is 2.38. The van der Waals surface area contributed by atoms with Crippen molar-refractivity contribution in [2.24, 2.45) is 0 Å². The second-order valence-electron chi connectivity index (χ2n) is 3.67. The van der Waals surface area contributed by atoms with Crippen LogP contribution in [0.25, 0.3) is 0 Å². The third kappa shape index (κ3) is 2.37. The van der Waals surface area contributed by atoms with Crippen LogP contribution in [-0.2, 0) is 6.42 Å². The van der Waals surface area contributed by atoms with E-state index in [1.807, 2.05) is 13.2 Å². The van der Waals surface area contributed by atoms with Crippen LogP contribution < -0.4 is 5.32 Å². The Labute approximate surface area is 89.6 Å². The summed E-state index contributed by atoms with van der Waals surface area (Å²) in [6.45, 7) is 2.10. The Balaban J connectivity index is 2.11. The smallest absolute Gasteiger partial charge is 0.200 e. The highest BCUT2D eigenvalue weighted by atomic mass is 15.1. The number of anilines is 1. The maximum absolute atomic E-state index is 4.18. The lowest BCUT2D eigenvalue weighted by Gasteiger charge is -1.99. The van der Waals surface area contributed by atoms with Gasteiger partial charge in [-0.25, -0.2) is 4.98 Å². The first-order valence-corrected chi connectivity index (χ1v) is 5.05. The Morgan fingerprint density at radius 3 is 2.60 bits per heavy atom. The highest BCUT2D eigenvalue weighted by molar-refractivity contribution is 5.29. The maximum Gasteiger partial charge on any atom is 0.200 e. The predicted molar refractivity (Wildman–Crippen MR) is 62.1 cm³/mol. The van der Waals surface area contributed by atoms with Crippen molar-refractivity contribution in [1.29, 1.82) is 0 Å². The van der Waals surface area contributed by atoms with Gasteiger partial charge in [0.15, 0.2) is 5.95 Å². The van der Waals surface area contributed by atoms with Crippen LogP contribution in [0.5, 0.6) is 0 Å². The van der Waals surface area contributed by atoms with Gasteiger partial charge in [-0.2, -0.15) is 0 Å². The van der Waals surface area contributed by atoms with E-state index in [9.17, 15) is 0 Å². The van der Waals surface area contributed by atoms with E-state index in [0.29, 0.717) is 0 Å². The molecule has 0 aliphatic carbocycles. The molecule has 0 fully saturated rings. The van der Waals surface area contributed by atoms with Gasteiger partial charge in [0.05, 0.1) is 6.20 Å². The fourth-order valence-corrected chi connectivity index (χ4v) is 1.50. The number of benzene rings is 1. The van der Waals surface area contributed by atoms with Gasteiger partial charge in [0.1, 0.15) is 0 Å². The lowest BCUT2D eigenvalue weighted by molar-refractivity contribution is 1.10. The van der Waals surface area contributed by atoms with Crippen molar-refractivity contribution < 1.29 is 0 Å². The van der Waals surface area contributed by atoms with Crippen LogP contribution in [0.15, 0.2) is 30.5 Å². The second kappa shape index (κ2) is 4.17. The van der Waals surface area contributed by atoms with Crippen LogP contribution in [0.2, 0.25) is 0 Å². The van der Waals surface area contributed by atoms with Gasteiger partial charge in [-0.1, -0.05) is 29.8 Å². The molecule has 2 aromatic rings. The van der Waals surface area contributed by atoms with Crippen molar-refractivity contribution in [1.82, 2.24) is 9.97 Å². The molecule has 3 nitrogen and oxygen atoms in total. The van der Waals surface area contributed by atoms with Gasteiger partial charge < -0.3 is 10.3 Å². The Morgan fingerprint density at radius 1 is 1.27 bits per heavy atom. The largest absolute Gasteiger partial charge is 0.359 e. The molecule has 0 amide bonds. The van der Waals surface area contributed by atoms with Gasteiger partial charge in [-0.3, -0.25) is 0 Å². The molecule has 3 heteroatoms. The zero-order valence-corrected chi connectivity index (χ0v) is 9.04. The molecule has 0 atom stereocenters. The molecule has 0 radical (unpaired) electrons. The number of aromatic amines is 1. The van der Waals surface area contributed by atoms with E-state index in [1.54, 1.807) is 0 Å². The normalized spacial score (nSPS) is 10.3. The Bertz CT molecular complexity index is 428. The van der Waals surface area contributed by atoms with Crippen molar-refractivity contribution >= 4 is 5.95 Å². The Morgan fingerprint density at radius 2 is 2.00 bits per heavy atom. The number of aryl methyl sites for hydroxylation is 1. The topological polar surface area (TPSA) is 40.7 Å². The minimum atomic E-state index is 0.817. The van der Waals surface area contributed by atoms with Crippen molar-refractivity contribution in [3.63, 3.8) is 0 Å². The number of hydrogen-bond acceptors (Lipinski definition) is 2. The highest BCUT2D eigenvalue weighted by Crippen LogP contribution is 2.10. The first kappa shape index (κ1) is 9.77. The summed E-state index contributed by atoms with van der Waals surface area (Å²) in [5, 5.41) is 2.98. The average molecular weight is 201 g/mol. The van der Waals surface area contributed by atoms with E-state index >= 15 is 0 Å². The molecule has 15 heavy (non-hydrogen) atoms. The molecule has 0 aliphatic heterocycles. The van der Waals surface area contributed by atoms with E-state index in [0.717, 1.165) is 18.1 Å². The molecule has 0 saturated heterocycles. The summed E-state index contributed by atoms with van der Waals surface area (Å²) in [6, 6.07) is 8.56. The zero-order valence-electron chi connectivity index (χ0n) is 9.04. The third-order valence-corrected chi connectivity index (χ3v) is 2.38. The first-order chi connectivity index (χ1) is 7.28. The summed E-state index contributed by atoms with van der Waals surface area (Å²) in [7, 11) is 1.86. The lowest BCUT2D eigenvalue weighted by atomic mass is 10.1. The van der Waals surface area contributed by atoms with Crippen LogP contribution in [-0.4, -0.2) is 17.0 Å². The summed E-state index contributed by atoms with van der Waals surface area (Å²) in [6.07, 6.45) is 2.76. The standard InChI is InChI=1S/C12H15N3/c1-9-3-5-10(6-4-9)7-11-8-14-12(13-2)15-11/h3-6,8H,7H2,1-2H3,(H2,13,14,15). The Hall–Kier alpha value is -1.77. The maximum atomic E-state index is 4.18. The highest BCUT2D eigenvalue weighted by Gasteiger charge is 1.99. The fourth-order valence-electron chi connectivity index (χ4n) is 1.50. The molecular formula is C12H15N3. The number of imidazole rings is 1. The summed E-state index contributed by atoms with van der Waals surface area (Å²) in [5.41, 5.74) is 3.72. The van der Waals surface area contributed by atoms with Gasteiger partial charge in [-0.05, 0) is 12.5 Å². The number of aromatic nitrogens is 2.